The third-order valence-electron chi connectivity index (χ3n) is 3.32. The second-order valence-electron chi connectivity index (χ2n) is 4.65. The Morgan fingerprint density at radius 2 is 2.10 bits per heavy atom. The minimum atomic E-state index is -1.06. The summed E-state index contributed by atoms with van der Waals surface area (Å²) in [5.41, 5.74) is 1.08. The molecule has 1 heterocycles. The van der Waals surface area contributed by atoms with Crippen molar-refractivity contribution in [1.29, 1.82) is 0 Å². The SMILES string of the molecule is CCC(NCc1ccc(C(=O)O)o1)c1ccccc1OC. The van der Waals surface area contributed by atoms with Crippen LogP contribution in [0.4, 0.5) is 0 Å². The molecule has 0 spiro atoms. The summed E-state index contributed by atoms with van der Waals surface area (Å²) in [5, 5.41) is 12.2. The predicted molar refractivity (Wildman–Crippen MR) is 78.5 cm³/mol. The maximum absolute atomic E-state index is 10.8. The Morgan fingerprint density at radius 1 is 1.33 bits per heavy atom. The highest BCUT2D eigenvalue weighted by Gasteiger charge is 2.15. The van der Waals surface area contributed by atoms with Crippen LogP contribution in [0.1, 0.15) is 41.3 Å². The quantitative estimate of drug-likeness (QED) is 0.818. The van der Waals surface area contributed by atoms with Gasteiger partial charge in [0.05, 0.1) is 13.7 Å². The molecular weight excluding hydrogens is 270 g/mol. The molecule has 0 amide bonds. The molecule has 0 radical (unpaired) electrons. The second kappa shape index (κ2) is 6.95. The molecule has 2 rings (SSSR count). The van der Waals surface area contributed by atoms with Crippen LogP contribution in [0.15, 0.2) is 40.8 Å². The number of rotatable bonds is 7. The Bertz CT molecular complexity index is 606. The first kappa shape index (κ1) is 15.1. The van der Waals surface area contributed by atoms with Gasteiger partial charge in [-0.25, -0.2) is 4.79 Å². The van der Waals surface area contributed by atoms with E-state index < -0.39 is 5.97 Å². The molecule has 112 valence electrons. The van der Waals surface area contributed by atoms with Gasteiger partial charge in [-0.15, -0.1) is 0 Å². The molecule has 1 aromatic heterocycles. The van der Waals surface area contributed by atoms with Crippen LogP contribution in [0.5, 0.6) is 5.75 Å². The van der Waals surface area contributed by atoms with Crippen LogP contribution in [0.2, 0.25) is 0 Å². The van der Waals surface area contributed by atoms with Crippen LogP contribution in [-0.2, 0) is 6.54 Å². The molecule has 5 heteroatoms. The Hall–Kier alpha value is -2.27. The first-order chi connectivity index (χ1) is 10.2. The van der Waals surface area contributed by atoms with Gasteiger partial charge in [-0.2, -0.15) is 0 Å². The van der Waals surface area contributed by atoms with Crippen molar-refractivity contribution in [3.05, 3.63) is 53.5 Å². The summed E-state index contributed by atoms with van der Waals surface area (Å²) in [4.78, 5) is 10.8. The van der Waals surface area contributed by atoms with Crippen molar-refractivity contribution in [2.45, 2.75) is 25.9 Å². The molecule has 5 nitrogen and oxygen atoms in total. The Balaban J connectivity index is 2.06. The average molecular weight is 289 g/mol. The van der Waals surface area contributed by atoms with Crippen LogP contribution >= 0.6 is 0 Å². The summed E-state index contributed by atoms with van der Waals surface area (Å²) < 4.78 is 10.6. The van der Waals surface area contributed by atoms with Crippen molar-refractivity contribution >= 4 is 5.97 Å². The van der Waals surface area contributed by atoms with Crippen LogP contribution in [0.25, 0.3) is 0 Å². The van der Waals surface area contributed by atoms with E-state index in [0.29, 0.717) is 12.3 Å². The predicted octanol–water partition coefficient (Wildman–Crippen LogP) is 3.23. The van der Waals surface area contributed by atoms with Crippen LogP contribution in [-0.4, -0.2) is 18.2 Å². The Morgan fingerprint density at radius 3 is 2.71 bits per heavy atom. The number of carboxylic acid groups (broad SMARTS) is 1. The molecule has 21 heavy (non-hydrogen) atoms. The maximum atomic E-state index is 10.8. The zero-order valence-electron chi connectivity index (χ0n) is 12.1. The largest absolute Gasteiger partial charge is 0.496 e. The monoisotopic (exact) mass is 289 g/mol. The van der Waals surface area contributed by atoms with E-state index in [-0.39, 0.29) is 11.8 Å². The zero-order chi connectivity index (χ0) is 15.2. The lowest BCUT2D eigenvalue weighted by atomic mass is 10.0. The van der Waals surface area contributed by atoms with E-state index in [2.05, 4.69) is 12.2 Å². The second-order valence-corrected chi connectivity index (χ2v) is 4.65. The van der Waals surface area contributed by atoms with E-state index in [1.165, 1.54) is 6.07 Å². The molecule has 2 aromatic rings. The highest BCUT2D eigenvalue weighted by molar-refractivity contribution is 5.84. The number of furan rings is 1. The molecular formula is C16H19NO4. The lowest BCUT2D eigenvalue weighted by Gasteiger charge is -2.19. The van der Waals surface area contributed by atoms with Gasteiger partial charge < -0.3 is 19.6 Å². The number of carbonyl (C=O) groups is 1. The third-order valence-corrected chi connectivity index (χ3v) is 3.32. The smallest absolute Gasteiger partial charge is 0.371 e. The van der Waals surface area contributed by atoms with Crippen molar-refractivity contribution in [2.24, 2.45) is 0 Å². The highest BCUT2D eigenvalue weighted by Crippen LogP contribution is 2.27. The fourth-order valence-corrected chi connectivity index (χ4v) is 2.24. The molecule has 0 saturated heterocycles. The number of hydrogen-bond donors (Lipinski definition) is 2. The number of ether oxygens (including phenoxy) is 1. The molecule has 0 saturated carbocycles. The number of benzene rings is 1. The minimum Gasteiger partial charge on any atom is -0.496 e. The van der Waals surface area contributed by atoms with Crippen molar-refractivity contribution in [1.82, 2.24) is 5.32 Å². The topological polar surface area (TPSA) is 71.7 Å². The summed E-state index contributed by atoms with van der Waals surface area (Å²) in [6.45, 7) is 2.54. The minimum absolute atomic E-state index is 0.0443. The lowest BCUT2D eigenvalue weighted by molar-refractivity contribution is 0.0660. The van der Waals surface area contributed by atoms with E-state index in [4.69, 9.17) is 14.3 Å². The van der Waals surface area contributed by atoms with Gasteiger partial charge >= 0.3 is 5.97 Å². The fraction of sp³-hybridized carbons (Fsp3) is 0.312. The summed E-state index contributed by atoms with van der Waals surface area (Å²) in [5.74, 6) is 0.332. The molecule has 0 aliphatic carbocycles. The standard InChI is InChI=1S/C16H19NO4/c1-3-13(12-6-4-5-7-14(12)20-2)17-10-11-8-9-15(21-11)16(18)19/h4-9,13,17H,3,10H2,1-2H3,(H,18,19). The van der Waals surface area contributed by atoms with Crippen molar-refractivity contribution in [3.63, 3.8) is 0 Å². The lowest BCUT2D eigenvalue weighted by Crippen LogP contribution is -2.20. The van der Waals surface area contributed by atoms with Crippen LogP contribution < -0.4 is 10.1 Å². The summed E-state index contributed by atoms with van der Waals surface area (Å²) in [6.07, 6.45) is 0.882. The van der Waals surface area contributed by atoms with E-state index in [1.807, 2.05) is 24.3 Å². The van der Waals surface area contributed by atoms with E-state index >= 15 is 0 Å². The van der Waals surface area contributed by atoms with Crippen molar-refractivity contribution in [2.75, 3.05) is 7.11 Å². The molecule has 0 fully saturated rings. The molecule has 0 aliphatic rings. The van der Waals surface area contributed by atoms with Gasteiger partial charge in [0.25, 0.3) is 0 Å². The van der Waals surface area contributed by atoms with Gasteiger partial charge in [-0.3, -0.25) is 0 Å². The molecule has 0 bridgehead atoms. The summed E-state index contributed by atoms with van der Waals surface area (Å²) in [7, 11) is 1.65. The van der Waals surface area contributed by atoms with Gasteiger partial charge in [0.2, 0.25) is 5.76 Å². The average Bonchev–Trinajstić information content (AvgIpc) is 2.97. The van der Waals surface area contributed by atoms with Gasteiger partial charge in [-0.05, 0) is 24.6 Å². The fourth-order valence-electron chi connectivity index (χ4n) is 2.24. The van der Waals surface area contributed by atoms with E-state index in [9.17, 15) is 4.79 Å². The number of hydrogen-bond acceptors (Lipinski definition) is 4. The number of carboxylic acids is 1. The highest BCUT2D eigenvalue weighted by atomic mass is 16.5. The molecule has 1 aromatic carbocycles. The number of aromatic carboxylic acids is 1. The Labute approximate surface area is 123 Å². The first-order valence-electron chi connectivity index (χ1n) is 6.84. The van der Waals surface area contributed by atoms with Gasteiger partial charge in [0.1, 0.15) is 11.5 Å². The van der Waals surface area contributed by atoms with E-state index in [1.54, 1.807) is 13.2 Å². The Kier molecular flexibility index (Phi) is 5.00. The van der Waals surface area contributed by atoms with Crippen LogP contribution in [0.3, 0.4) is 0 Å². The molecule has 2 N–H and O–H groups in total. The number of para-hydroxylation sites is 1. The maximum Gasteiger partial charge on any atom is 0.371 e. The van der Waals surface area contributed by atoms with E-state index in [0.717, 1.165) is 17.7 Å². The molecule has 0 aliphatic heterocycles. The van der Waals surface area contributed by atoms with Crippen LogP contribution in [0, 0.1) is 0 Å². The van der Waals surface area contributed by atoms with Gasteiger partial charge in [-0.1, -0.05) is 25.1 Å². The summed E-state index contributed by atoms with van der Waals surface area (Å²) in [6, 6.07) is 11.1. The zero-order valence-corrected chi connectivity index (χ0v) is 12.1. The number of methoxy groups -OCH3 is 1. The number of nitrogens with one attached hydrogen (secondary N) is 1. The van der Waals surface area contributed by atoms with Gasteiger partial charge in [0.15, 0.2) is 0 Å². The van der Waals surface area contributed by atoms with Crippen molar-refractivity contribution < 1.29 is 19.1 Å². The molecule has 1 unspecified atom stereocenters. The first-order valence-corrected chi connectivity index (χ1v) is 6.84. The van der Waals surface area contributed by atoms with Gasteiger partial charge in [0, 0.05) is 11.6 Å². The molecule has 1 atom stereocenters. The summed E-state index contributed by atoms with van der Waals surface area (Å²) >= 11 is 0. The third kappa shape index (κ3) is 3.64. The normalized spacial score (nSPS) is 12.1. The van der Waals surface area contributed by atoms with Crippen molar-refractivity contribution in [3.8, 4) is 5.75 Å².